The molecule has 2 aromatic rings. The van der Waals surface area contributed by atoms with Gasteiger partial charge in [-0.1, -0.05) is 39.1 Å². The van der Waals surface area contributed by atoms with Crippen LogP contribution in [-0.2, 0) is 14.3 Å². The molecule has 0 saturated heterocycles. The maximum absolute atomic E-state index is 12.5. The molecule has 0 atom stereocenters. The van der Waals surface area contributed by atoms with Gasteiger partial charge < -0.3 is 14.8 Å². The number of hydrogen-bond donors (Lipinski definition) is 1. The molecule has 0 bridgehead atoms. The Morgan fingerprint density at radius 3 is 2.62 bits per heavy atom. The Hall–Kier alpha value is -2.53. The van der Waals surface area contributed by atoms with Crippen molar-refractivity contribution >= 4 is 62.8 Å². The molecule has 150 valence electrons. The van der Waals surface area contributed by atoms with Crippen molar-refractivity contribution in [1.82, 2.24) is 0 Å². The Balaban J connectivity index is 2.25. The molecule has 29 heavy (non-hydrogen) atoms. The van der Waals surface area contributed by atoms with Crippen LogP contribution in [0.1, 0.15) is 12.5 Å². The molecule has 0 heterocycles. The van der Waals surface area contributed by atoms with E-state index in [-0.39, 0.29) is 23.8 Å². The molecule has 0 saturated carbocycles. The standard InChI is InChI=1S/C20H15BrCl2N2O4/c1-2-28-19(26)11-29-18-6-3-14(21)8-12(18)7-13(10-24)20(27)25-15-4-5-16(22)17(23)9-15/h3-9H,2,11H2,1H3,(H,25,27)/b13-7+. The number of carbonyl (C=O) groups excluding carboxylic acids is 2. The lowest BCUT2D eigenvalue weighted by molar-refractivity contribution is -0.145. The zero-order valence-electron chi connectivity index (χ0n) is 15.2. The van der Waals surface area contributed by atoms with Crippen molar-refractivity contribution in [2.75, 3.05) is 18.5 Å². The van der Waals surface area contributed by atoms with E-state index < -0.39 is 11.9 Å². The summed E-state index contributed by atoms with van der Waals surface area (Å²) in [6.07, 6.45) is 1.36. The number of amides is 1. The quantitative estimate of drug-likeness (QED) is 0.321. The van der Waals surface area contributed by atoms with Gasteiger partial charge in [0.2, 0.25) is 0 Å². The lowest BCUT2D eigenvalue weighted by Gasteiger charge is -2.10. The van der Waals surface area contributed by atoms with E-state index in [0.29, 0.717) is 26.5 Å². The molecular formula is C20H15BrCl2N2O4. The molecule has 0 spiro atoms. The molecule has 1 amide bonds. The van der Waals surface area contributed by atoms with Crippen LogP contribution in [0.5, 0.6) is 5.75 Å². The van der Waals surface area contributed by atoms with Gasteiger partial charge in [-0.3, -0.25) is 4.79 Å². The molecule has 6 nitrogen and oxygen atoms in total. The highest BCUT2D eigenvalue weighted by atomic mass is 79.9. The van der Waals surface area contributed by atoms with E-state index in [1.807, 2.05) is 6.07 Å². The van der Waals surface area contributed by atoms with Gasteiger partial charge in [0.15, 0.2) is 6.61 Å². The van der Waals surface area contributed by atoms with Crippen molar-refractivity contribution in [2.45, 2.75) is 6.92 Å². The van der Waals surface area contributed by atoms with Crippen LogP contribution in [0.4, 0.5) is 5.69 Å². The third-order valence-corrected chi connectivity index (χ3v) is 4.70. The summed E-state index contributed by atoms with van der Waals surface area (Å²) < 4.78 is 11.0. The van der Waals surface area contributed by atoms with Crippen LogP contribution >= 0.6 is 39.1 Å². The summed E-state index contributed by atoms with van der Waals surface area (Å²) in [6.45, 7) is 1.63. The number of anilines is 1. The number of benzene rings is 2. The number of nitriles is 1. The first-order valence-corrected chi connectivity index (χ1v) is 9.85. The topological polar surface area (TPSA) is 88.4 Å². The highest BCUT2D eigenvalue weighted by Gasteiger charge is 2.13. The van der Waals surface area contributed by atoms with Crippen LogP contribution in [-0.4, -0.2) is 25.1 Å². The van der Waals surface area contributed by atoms with Gasteiger partial charge in [-0.2, -0.15) is 5.26 Å². The summed E-state index contributed by atoms with van der Waals surface area (Å²) >= 11 is 15.1. The van der Waals surface area contributed by atoms with Gasteiger partial charge >= 0.3 is 5.97 Å². The van der Waals surface area contributed by atoms with E-state index in [1.54, 1.807) is 31.2 Å². The van der Waals surface area contributed by atoms with Gasteiger partial charge in [0, 0.05) is 15.7 Å². The van der Waals surface area contributed by atoms with Crippen molar-refractivity contribution in [3.05, 3.63) is 62.1 Å². The number of carbonyl (C=O) groups is 2. The lowest BCUT2D eigenvalue weighted by Crippen LogP contribution is -2.15. The maximum Gasteiger partial charge on any atom is 0.344 e. The molecule has 0 fully saturated rings. The zero-order chi connectivity index (χ0) is 21.4. The largest absolute Gasteiger partial charge is 0.481 e. The summed E-state index contributed by atoms with van der Waals surface area (Å²) in [5.74, 6) is -0.846. The van der Waals surface area contributed by atoms with E-state index in [4.69, 9.17) is 32.7 Å². The minimum absolute atomic E-state index is 0.171. The number of rotatable bonds is 7. The molecule has 9 heteroatoms. The van der Waals surface area contributed by atoms with Gasteiger partial charge in [0.05, 0.1) is 16.7 Å². The molecule has 0 aliphatic carbocycles. The Morgan fingerprint density at radius 1 is 1.21 bits per heavy atom. The minimum atomic E-state index is -0.637. The molecular weight excluding hydrogens is 483 g/mol. The Morgan fingerprint density at radius 2 is 1.97 bits per heavy atom. The van der Waals surface area contributed by atoms with Crippen molar-refractivity contribution in [3.8, 4) is 11.8 Å². The normalized spacial score (nSPS) is 10.8. The Labute approximate surface area is 186 Å². The zero-order valence-corrected chi connectivity index (χ0v) is 18.3. The number of nitrogens with one attached hydrogen (secondary N) is 1. The second kappa shape index (κ2) is 10.9. The molecule has 2 rings (SSSR count). The van der Waals surface area contributed by atoms with E-state index in [2.05, 4.69) is 21.2 Å². The Bertz CT molecular complexity index is 1000. The SMILES string of the molecule is CCOC(=O)COc1ccc(Br)cc1/C=C(\C#N)C(=O)Nc1ccc(Cl)c(Cl)c1. The number of halogens is 3. The fourth-order valence-corrected chi connectivity index (χ4v) is 2.86. The third kappa shape index (κ3) is 6.79. The molecule has 0 aliphatic rings. The first-order chi connectivity index (χ1) is 13.8. The van der Waals surface area contributed by atoms with Gasteiger partial charge in [0.25, 0.3) is 5.91 Å². The summed E-state index contributed by atoms with van der Waals surface area (Å²) in [5, 5.41) is 12.6. The fourth-order valence-electron chi connectivity index (χ4n) is 2.18. The van der Waals surface area contributed by atoms with Crippen molar-refractivity contribution in [1.29, 1.82) is 5.26 Å². The van der Waals surface area contributed by atoms with Crippen LogP contribution in [0.25, 0.3) is 6.08 Å². The highest BCUT2D eigenvalue weighted by molar-refractivity contribution is 9.10. The fraction of sp³-hybridized carbons (Fsp3) is 0.150. The molecule has 0 unspecified atom stereocenters. The second-order valence-corrected chi connectivity index (χ2v) is 7.26. The number of ether oxygens (including phenoxy) is 2. The van der Waals surface area contributed by atoms with Gasteiger partial charge in [-0.05, 0) is 49.4 Å². The maximum atomic E-state index is 12.5. The van der Waals surface area contributed by atoms with Gasteiger partial charge in [-0.25, -0.2) is 4.79 Å². The minimum Gasteiger partial charge on any atom is -0.481 e. The third-order valence-electron chi connectivity index (χ3n) is 3.47. The van der Waals surface area contributed by atoms with E-state index in [1.165, 1.54) is 18.2 Å². The molecule has 2 aromatic carbocycles. The lowest BCUT2D eigenvalue weighted by atomic mass is 10.1. The molecule has 0 radical (unpaired) electrons. The molecule has 0 aromatic heterocycles. The average molecular weight is 498 g/mol. The first kappa shape index (κ1) is 22.8. The number of hydrogen-bond acceptors (Lipinski definition) is 5. The summed E-state index contributed by atoms with van der Waals surface area (Å²) in [5.41, 5.74) is 0.651. The first-order valence-electron chi connectivity index (χ1n) is 8.30. The van der Waals surface area contributed by atoms with Crippen LogP contribution < -0.4 is 10.1 Å². The van der Waals surface area contributed by atoms with Crippen molar-refractivity contribution in [2.24, 2.45) is 0 Å². The van der Waals surface area contributed by atoms with Crippen LogP contribution in [0.2, 0.25) is 10.0 Å². The molecule has 1 N–H and O–H groups in total. The predicted molar refractivity (Wildman–Crippen MR) is 115 cm³/mol. The highest BCUT2D eigenvalue weighted by Crippen LogP contribution is 2.27. The summed E-state index contributed by atoms with van der Waals surface area (Å²) in [4.78, 5) is 24.0. The van der Waals surface area contributed by atoms with Crippen molar-refractivity contribution < 1.29 is 19.1 Å². The van der Waals surface area contributed by atoms with Crippen molar-refractivity contribution in [3.63, 3.8) is 0 Å². The van der Waals surface area contributed by atoms with E-state index in [9.17, 15) is 14.9 Å². The number of nitrogens with zero attached hydrogens (tertiary/aromatic N) is 1. The molecule has 0 aliphatic heterocycles. The summed E-state index contributed by atoms with van der Waals surface area (Å²) in [6, 6.07) is 11.4. The predicted octanol–water partition coefficient (Wildman–Crippen LogP) is 5.24. The van der Waals surface area contributed by atoms with Crippen LogP contribution in [0.3, 0.4) is 0 Å². The van der Waals surface area contributed by atoms with Crippen LogP contribution in [0, 0.1) is 11.3 Å². The van der Waals surface area contributed by atoms with E-state index >= 15 is 0 Å². The van der Waals surface area contributed by atoms with E-state index in [0.717, 1.165) is 0 Å². The van der Waals surface area contributed by atoms with Crippen LogP contribution in [0.15, 0.2) is 46.4 Å². The second-order valence-electron chi connectivity index (χ2n) is 5.53. The monoisotopic (exact) mass is 496 g/mol. The summed E-state index contributed by atoms with van der Waals surface area (Å²) in [7, 11) is 0. The van der Waals surface area contributed by atoms with Gasteiger partial charge in [-0.15, -0.1) is 0 Å². The van der Waals surface area contributed by atoms with Gasteiger partial charge in [0.1, 0.15) is 17.4 Å². The average Bonchev–Trinajstić information content (AvgIpc) is 2.68. The Kier molecular flexibility index (Phi) is 8.52. The smallest absolute Gasteiger partial charge is 0.344 e. The number of esters is 1.